The highest BCUT2D eigenvalue weighted by Gasteiger charge is 2.43. The van der Waals surface area contributed by atoms with Crippen molar-refractivity contribution in [3.05, 3.63) is 60.2 Å². The fourth-order valence-electron chi connectivity index (χ4n) is 3.06. The van der Waals surface area contributed by atoms with Crippen molar-refractivity contribution >= 4 is 33.5 Å². The summed E-state index contributed by atoms with van der Waals surface area (Å²) in [7, 11) is 0. The Morgan fingerprint density at radius 1 is 0.864 bits per heavy atom. The van der Waals surface area contributed by atoms with Gasteiger partial charge in [-0.15, -0.1) is 0 Å². The smallest absolute Gasteiger partial charge is 0.320 e. The van der Waals surface area contributed by atoms with Gasteiger partial charge >= 0.3 is 6.03 Å². The molecule has 22 heavy (non-hydrogen) atoms. The van der Waals surface area contributed by atoms with Crippen LogP contribution in [0, 0.1) is 0 Å². The van der Waals surface area contributed by atoms with Crippen molar-refractivity contribution in [2.45, 2.75) is 12.5 Å². The Labute approximate surface area is 127 Å². The molecule has 1 fully saturated rings. The van der Waals surface area contributed by atoms with Gasteiger partial charge in [-0.3, -0.25) is 10.1 Å². The number of benzene rings is 3. The summed E-state index contributed by atoms with van der Waals surface area (Å²) in [6.45, 7) is 1.72. The van der Waals surface area contributed by atoms with Gasteiger partial charge in [-0.05, 0) is 40.1 Å². The molecule has 3 amide bonds. The van der Waals surface area contributed by atoms with Gasteiger partial charge in [0.25, 0.3) is 5.91 Å². The minimum atomic E-state index is -1.03. The first-order valence-electron chi connectivity index (χ1n) is 7.13. The molecule has 1 aliphatic heterocycles. The SMILES string of the molecule is C[C@@]1(c2ccc3ccc4ccccc4c3c2)NC(=O)NC1=O. The Kier molecular flexibility index (Phi) is 2.51. The highest BCUT2D eigenvalue weighted by Crippen LogP contribution is 2.31. The van der Waals surface area contributed by atoms with Crippen LogP contribution in [-0.4, -0.2) is 11.9 Å². The van der Waals surface area contributed by atoms with Crippen LogP contribution in [0.2, 0.25) is 0 Å². The molecule has 2 N–H and O–H groups in total. The van der Waals surface area contributed by atoms with Crippen molar-refractivity contribution in [2.75, 3.05) is 0 Å². The van der Waals surface area contributed by atoms with Gasteiger partial charge < -0.3 is 5.32 Å². The molecular weight excluding hydrogens is 276 g/mol. The van der Waals surface area contributed by atoms with Crippen LogP contribution >= 0.6 is 0 Å². The quantitative estimate of drug-likeness (QED) is 0.534. The minimum absolute atomic E-state index is 0.322. The van der Waals surface area contributed by atoms with E-state index >= 15 is 0 Å². The summed E-state index contributed by atoms with van der Waals surface area (Å²) < 4.78 is 0. The first kappa shape index (κ1) is 12.8. The average Bonchev–Trinajstić information content (AvgIpc) is 2.80. The summed E-state index contributed by atoms with van der Waals surface area (Å²) >= 11 is 0. The lowest BCUT2D eigenvalue weighted by Crippen LogP contribution is -2.40. The highest BCUT2D eigenvalue weighted by atomic mass is 16.2. The lowest BCUT2D eigenvalue weighted by molar-refractivity contribution is -0.123. The van der Waals surface area contributed by atoms with Gasteiger partial charge in [-0.25, -0.2) is 4.79 Å². The molecule has 0 aromatic heterocycles. The Hall–Kier alpha value is -2.88. The molecule has 108 valence electrons. The second kappa shape index (κ2) is 4.31. The predicted molar refractivity (Wildman–Crippen MR) is 85.5 cm³/mol. The third kappa shape index (κ3) is 1.70. The van der Waals surface area contributed by atoms with Crippen LogP contribution in [0.4, 0.5) is 4.79 Å². The molecule has 1 aliphatic rings. The molecule has 3 aromatic carbocycles. The second-order valence-electron chi connectivity index (χ2n) is 5.76. The van der Waals surface area contributed by atoms with E-state index in [4.69, 9.17) is 0 Å². The van der Waals surface area contributed by atoms with Gasteiger partial charge in [0.2, 0.25) is 0 Å². The van der Waals surface area contributed by atoms with Crippen LogP contribution in [0.15, 0.2) is 54.6 Å². The van der Waals surface area contributed by atoms with E-state index in [1.165, 1.54) is 0 Å². The van der Waals surface area contributed by atoms with Crippen molar-refractivity contribution in [1.82, 2.24) is 10.6 Å². The van der Waals surface area contributed by atoms with Gasteiger partial charge in [-0.1, -0.05) is 48.5 Å². The van der Waals surface area contributed by atoms with E-state index in [0.717, 1.165) is 27.1 Å². The Bertz CT molecular complexity index is 948. The van der Waals surface area contributed by atoms with Crippen molar-refractivity contribution in [3.8, 4) is 0 Å². The van der Waals surface area contributed by atoms with Crippen molar-refractivity contribution < 1.29 is 9.59 Å². The maximum atomic E-state index is 12.1. The maximum absolute atomic E-state index is 12.1. The molecule has 4 nitrogen and oxygen atoms in total. The van der Waals surface area contributed by atoms with Crippen LogP contribution in [-0.2, 0) is 10.3 Å². The van der Waals surface area contributed by atoms with Crippen molar-refractivity contribution in [3.63, 3.8) is 0 Å². The Balaban J connectivity index is 1.99. The normalized spacial score (nSPS) is 21.1. The molecule has 4 heteroatoms. The van der Waals surface area contributed by atoms with Gasteiger partial charge in [0.1, 0.15) is 5.54 Å². The number of amides is 3. The van der Waals surface area contributed by atoms with Crippen molar-refractivity contribution in [2.24, 2.45) is 0 Å². The number of hydrogen-bond donors (Lipinski definition) is 2. The first-order chi connectivity index (χ1) is 10.6. The zero-order chi connectivity index (χ0) is 15.3. The van der Waals surface area contributed by atoms with Gasteiger partial charge in [-0.2, -0.15) is 0 Å². The summed E-state index contributed by atoms with van der Waals surface area (Å²) in [5.41, 5.74) is -0.248. The number of rotatable bonds is 1. The predicted octanol–water partition coefficient (Wildman–Crippen LogP) is 3.05. The lowest BCUT2D eigenvalue weighted by Gasteiger charge is -2.21. The lowest BCUT2D eigenvalue weighted by atomic mass is 9.89. The fraction of sp³-hybridized carbons (Fsp3) is 0.111. The first-order valence-corrected chi connectivity index (χ1v) is 7.13. The van der Waals surface area contributed by atoms with Crippen molar-refractivity contribution in [1.29, 1.82) is 0 Å². The summed E-state index contributed by atoms with van der Waals surface area (Å²) in [5, 5.41) is 9.48. The Morgan fingerprint density at radius 3 is 2.27 bits per heavy atom. The Morgan fingerprint density at radius 2 is 1.55 bits per heavy atom. The fourth-order valence-corrected chi connectivity index (χ4v) is 3.06. The molecule has 4 rings (SSSR count). The molecule has 1 atom stereocenters. The molecule has 0 spiro atoms. The average molecular weight is 290 g/mol. The molecule has 1 saturated heterocycles. The van der Waals surface area contributed by atoms with Crippen LogP contribution in [0.25, 0.3) is 21.5 Å². The maximum Gasteiger partial charge on any atom is 0.322 e. The number of imide groups is 1. The highest BCUT2D eigenvalue weighted by molar-refractivity contribution is 6.10. The van der Waals surface area contributed by atoms with E-state index in [1.807, 2.05) is 30.3 Å². The van der Waals surface area contributed by atoms with Crippen LogP contribution in [0.3, 0.4) is 0 Å². The van der Waals surface area contributed by atoms with E-state index < -0.39 is 11.6 Å². The molecule has 0 unspecified atom stereocenters. The number of fused-ring (bicyclic) bond motifs is 3. The largest absolute Gasteiger partial charge is 0.322 e. The van der Waals surface area contributed by atoms with Crippen LogP contribution < -0.4 is 10.6 Å². The summed E-state index contributed by atoms with van der Waals surface area (Å²) in [5.74, 6) is -0.322. The summed E-state index contributed by atoms with van der Waals surface area (Å²) in [6.07, 6.45) is 0. The van der Waals surface area contributed by atoms with Gasteiger partial charge in [0, 0.05) is 0 Å². The topological polar surface area (TPSA) is 58.2 Å². The molecule has 0 radical (unpaired) electrons. The summed E-state index contributed by atoms with van der Waals surface area (Å²) in [4.78, 5) is 23.6. The molecule has 0 saturated carbocycles. The van der Waals surface area contributed by atoms with Crippen LogP contribution in [0.1, 0.15) is 12.5 Å². The van der Waals surface area contributed by atoms with E-state index in [0.29, 0.717) is 0 Å². The molecular formula is C18H14N2O2. The summed E-state index contributed by atoms with van der Waals surface area (Å²) in [6, 6.07) is 17.7. The van der Waals surface area contributed by atoms with E-state index in [-0.39, 0.29) is 5.91 Å². The number of carbonyl (C=O) groups excluding carboxylic acids is 2. The molecule has 1 heterocycles. The minimum Gasteiger partial charge on any atom is -0.320 e. The zero-order valence-electron chi connectivity index (χ0n) is 12.0. The van der Waals surface area contributed by atoms with E-state index in [1.54, 1.807) is 6.92 Å². The standard InChI is InChI=1S/C18H14N2O2/c1-18(16(21)19-17(22)20-18)13-9-8-12-7-6-11-4-2-3-5-14(11)15(12)10-13/h2-10H,1H3,(H2,19,20,21,22)/t18-/m0/s1. The van der Waals surface area contributed by atoms with E-state index in [2.05, 4.69) is 34.9 Å². The van der Waals surface area contributed by atoms with Crippen LogP contribution in [0.5, 0.6) is 0 Å². The third-order valence-corrected chi connectivity index (χ3v) is 4.37. The second-order valence-corrected chi connectivity index (χ2v) is 5.76. The van der Waals surface area contributed by atoms with E-state index in [9.17, 15) is 9.59 Å². The monoisotopic (exact) mass is 290 g/mol. The van der Waals surface area contributed by atoms with Gasteiger partial charge in [0.05, 0.1) is 0 Å². The number of carbonyl (C=O) groups is 2. The molecule has 0 aliphatic carbocycles. The number of nitrogens with one attached hydrogen (secondary N) is 2. The number of urea groups is 1. The molecule has 0 bridgehead atoms. The zero-order valence-corrected chi connectivity index (χ0v) is 12.0. The third-order valence-electron chi connectivity index (χ3n) is 4.37. The number of hydrogen-bond acceptors (Lipinski definition) is 2. The molecule has 3 aromatic rings. The van der Waals surface area contributed by atoms with Gasteiger partial charge in [0.15, 0.2) is 0 Å².